The van der Waals surface area contributed by atoms with E-state index < -0.39 is 15.8 Å². The van der Waals surface area contributed by atoms with Crippen molar-refractivity contribution in [3.63, 3.8) is 0 Å². The Balaban J connectivity index is 1.61. The van der Waals surface area contributed by atoms with E-state index in [-0.39, 0.29) is 29.2 Å². The molecule has 3 aromatic rings. The van der Waals surface area contributed by atoms with Crippen LogP contribution in [-0.4, -0.2) is 43.0 Å². The summed E-state index contributed by atoms with van der Waals surface area (Å²) in [5.41, 5.74) is 1.80. The van der Waals surface area contributed by atoms with E-state index in [2.05, 4.69) is 4.98 Å². The molecule has 1 aliphatic heterocycles. The van der Waals surface area contributed by atoms with Crippen molar-refractivity contribution in [2.24, 2.45) is 0 Å². The van der Waals surface area contributed by atoms with Crippen LogP contribution in [0.25, 0.3) is 11.1 Å². The van der Waals surface area contributed by atoms with Gasteiger partial charge in [-0.15, -0.1) is 0 Å². The minimum atomic E-state index is -3.74. The fourth-order valence-electron chi connectivity index (χ4n) is 3.35. The molecule has 1 aliphatic rings. The molecule has 0 saturated carbocycles. The predicted octanol–water partition coefficient (Wildman–Crippen LogP) is 2.14. The second-order valence-corrected chi connectivity index (χ2v) is 8.63. The highest BCUT2D eigenvalue weighted by Gasteiger charge is 2.35. The molecular weight excluding hydrogens is 368 g/mol. The molecule has 0 bridgehead atoms. The van der Waals surface area contributed by atoms with Crippen LogP contribution in [0, 0.1) is 0 Å². The Kier molecular flexibility index (Phi) is 4.63. The molecule has 1 fully saturated rings. The number of oxazole rings is 1. The average Bonchev–Trinajstić information content (AvgIpc) is 3.03. The number of sulfonamides is 1. The zero-order valence-corrected chi connectivity index (χ0v) is 15.6. The normalized spacial score (nSPS) is 21.5. The highest BCUT2D eigenvalue weighted by atomic mass is 32.2. The molecule has 8 heteroatoms. The van der Waals surface area contributed by atoms with Gasteiger partial charge in [0, 0.05) is 18.7 Å². The lowest BCUT2D eigenvalue weighted by atomic mass is 10.1. The van der Waals surface area contributed by atoms with Crippen molar-refractivity contribution in [2.75, 3.05) is 13.2 Å². The van der Waals surface area contributed by atoms with Crippen LogP contribution in [0.5, 0.6) is 0 Å². The molecule has 2 heterocycles. The van der Waals surface area contributed by atoms with Crippen molar-refractivity contribution in [3.05, 3.63) is 64.6 Å². The smallest absolute Gasteiger partial charge is 0.408 e. The van der Waals surface area contributed by atoms with E-state index >= 15 is 0 Å². The van der Waals surface area contributed by atoms with Gasteiger partial charge in [0.1, 0.15) is 0 Å². The topological polar surface area (TPSA) is 92.6 Å². The van der Waals surface area contributed by atoms with Gasteiger partial charge in [-0.2, -0.15) is 4.31 Å². The number of hydrogen-bond acceptors (Lipinski definition) is 5. The number of nitrogens with zero attached hydrogens (tertiary/aromatic N) is 1. The average molecular weight is 388 g/mol. The number of hydrogen-bond donors (Lipinski definition) is 1. The lowest BCUT2D eigenvalue weighted by molar-refractivity contribution is -0.0264. The van der Waals surface area contributed by atoms with E-state index in [1.165, 1.54) is 16.4 Å². The van der Waals surface area contributed by atoms with Crippen LogP contribution in [-0.2, 0) is 21.2 Å². The van der Waals surface area contributed by atoms with E-state index in [9.17, 15) is 13.2 Å². The molecule has 0 radical (unpaired) electrons. The summed E-state index contributed by atoms with van der Waals surface area (Å²) in [5.74, 6) is -0.609. The molecule has 4 rings (SSSR count). The first-order valence-corrected chi connectivity index (χ1v) is 10.2. The maximum absolute atomic E-state index is 13.2. The van der Waals surface area contributed by atoms with Gasteiger partial charge in [0.25, 0.3) is 0 Å². The third-order valence-corrected chi connectivity index (χ3v) is 6.73. The molecule has 27 heavy (non-hydrogen) atoms. The van der Waals surface area contributed by atoms with Gasteiger partial charge in [0.15, 0.2) is 5.58 Å². The predicted molar refractivity (Wildman–Crippen MR) is 100 cm³/mol. The molecule has 2 aromatic carbocycles. The fourth-order valence-corrected chi connectivity index (χ4v) is 5.01. The van der Waals surface area contributed by atoms with Crippen molar-refractivity contribution in [3.8, 4) is 0 Å². The summed E-state index contributed by atoms with van der Waals surface area (Å²) < 4.78 is 38.7. The summed E-state index contributed by atoms with van der Waals surface area (Å²) in [4.78, 5) is 13.9. The van der Waals surface area contributed by atoms with Crippen molar-refractivity contribution >= 4 is 21.1 Å². The second-order valence-electron chi connectivity index (χ2n) is 6.74. The number of H-pyrrole nitrogens is 1. The van der Waals surface area contributed by atoms with E-state index in [1.807, 2.05) is 37.3 Å². The number of morpholine rings is 1. The first-order chi connectivity index (χ1) is 12.9. The summed E-state index contributed by atoms with van der Waals surface area (Å²) in [6.45, 7) is 2.43. The van der Waals surface area contributed by atoms with Gasteiger partial charge >= 0.3 is 5.76 Å². The van der Waals surface area contributed by atoms with Gasteiger partial charge in [-0.1, -0.05) is 30.3 Å². The number of ether oxygens (including phenoxy) is 1. The molecule has 7 nitrogen and oxygen atoms in total. The summed E-state index contributed by atoms with van der Waals surface area (Å²) >= 11 is 0. The molecule has 1 aromatic heterocycles. The van der Waals surface area contributed by atoms with E-state index in [0.29, 0.717) is 18.5 Å². The molecule has 0 spiro atoms. The van der Waals surface area contributed by atoms with Gasteiger partial charge in [-0.3, -0.25) is 4.98 Å². The van der Waals surface area contributed by atoms with Crippen LogP contribution in [0.15, 0.2) is 62.6 Å². The second kappa shape index (κ2) is 6.95. The van der Waals surface area contributed by atoms with Gasteiger partial charge in [0.2, 0.25) is 10.0 Å². The van der Waals surface area contributed by atoms with Crippen molar-refractivity contribution < 1.29 is 17.6 Å². The maximum Gasteiger partial charge on any atom is 0.417 e. The Morgan fingerprint density at radius 1 is 1.19 bits per heavy atom. The van der Waals surface area contributed by atoms with Crippen LogP contribution in [0.4, 0.5) is 0 Å². The number of aromatic amines is 1. The van der Waals surface area contributed by atoms with Crippen LogP contribution >= 0.6 is 0 Å². The Morgan fingerprint density at radius 3 is 2.74 bits per heavy atom. The van der Waals surface area contributed by atoms with Gasteiger partial charge in [0.05, 0.1) is 23.1 Å². The molecule has 2 atom stereocenters. The number of aromatic nitrogens is 1. The van der Waals surface area contributed by atoms with E-state index in [0.717, 1.165) is 5.56 Å². The number of benzene rings is 2. The minimum Gasteiger partial charge on any atom is -0.408 e. The van der Waals surface area contributed by atoms with E-state index in [4.69, 9.17) is 9.15 Å². The maximum atomic E-state index is 13.2. The third-order valence-electron chi connectivity index (χ3n) is 4.75. The van der Waals surface area contributed by atoms with Gasteiger partial charge in [-0.25, -0.2) is 13.2 Å². The zero-order chi connectivity index (χ0) is 19.0. The lowest BCUT2D eigenvalue weighted by Gasteiger charge is -2.37. The quantitative estimate of drug-likeness (QED) is 0.739. The van der Waals surface area contributed by atoms with Crippen LogP contribution in [0.1, 0.15) is 12.5 Å². The van der Waals surface area contributed by atoms with Crippen LogP contribution in [0.2, 0.25) is 0 Å². The standard InChI is InChI=1S/C19H20N2O5S/c1-13-12-25-15(9-14-5-3-2-4-6-14)11-21(13)27(23,24)16-7-8-17-18(10-16)26-19(22)20-17/h2-8,10,13,15H,9,11-12H2,1H3,(H,20,22). The minimum absolute atomic E-state index is 0.102. The first kappa shape index (κ1) is 18.0. The number of rotatable bonds is 4. The number of nitrogens with one attached hydrogen (secondary N) is 1. The summed E-state index contributed by atoms with van der Waals surface area (Å²) in [7, 11) is -3.74. The zero-order valence-electron chi connectivity index (χ0n) is 14.8. The first-order valence-electron chi connectivity index (χ1n) is 8.74. The third kappa shape index (κ3) is 3.55. The highest BCUT2D eigenvalue weighted by Crippen LogP contribution is 2.25. The largest absolute Gasteiger partial charge is 0.417 e. The molecule has 1 saturated heterocycles. The molecular formula is C19H20N2O5S. The number of fused-ring (bicyclic) bond motifs is 1. The van der Waals surface area contributed by atoms with Crippen molar-refractivity contribution in [2.45, 2.75) is 30.4 Å². The molecule has 0 aliphatic carbocycles. The van der Waals surface area contributed by atoms with Crippen LogP contribution in [0.3, 0.4) is 0 Å². The molecule has 142 valence electrons. The Hall–Kier alpha value is -2.42. The van der Waals surface area contributed by atoms with Gasteiger partial charge < -0.3 is 9.15 Å². The van der Waals surface area contributed by atoms with Crippen molar-refractivity contribution in [1.82, 2.24) is 9.29 Å². The van der Waals surface area contributed by atoms with Gasteiger partial charge in [-0.05, 0) is 31.0 Å². The van der Waals surface area contributed by atoms with E-state index in [1.54, 1.807) is 6.07 Å². The summed E-state index contributed by atoms with van der Waals surface area (Å²) in [5, 5.41) is 0. The lowest BCUT2D eigenvalue weighted by Crippen LogP contribution is -2.51. The highest BCUT2D eigenvalue weighted by molar-refractivity contribution is 7.89. The monoisotopic (exact) mass is 388 g/mol. The molecule has 2 unspecified atom stereocenters. The Labute approximate surface area is 156 Å². The Bertz CT molecular complexity index is 1100. The Morgan fingerprint density at radius 2 is 1.96 bits per heavy atom. The molecule has 0 amide bonds. The SMILES string of the molecule is CC1COC(Cc2ccccc2)CN1S(=O)(=O)c1ccc2[nH]c(=O)oc2c1. The van der Waals surface area contributed by atoms with Crippen LogP contribution < -0.4 is 5.76 Å². The fraction of sp³-hybridized carbons (Fsp3) is 0.316. The molecule has 1 N–H and O–H groups in total. The van der Waals surface area contributed by atoms with Crippen molar-refractivity contribution in [1.29, 1.82) is 0 Å². The summed E-state index contributed by atoms with van der Waals surface area (Å²) in [6.07, 6.45) is 0.429. The summed E-state index contributed by atoms with van der Waals surface area (Å²) in [6, 6.07) is 14.0.